The van der Waals surface area contributed by atoms with Crippen LogP contribution in [0.1, 0.15) is 5.76 Å². The minimum Gasteiger partial charge on any atom is -0.463 e. The van der Waals surface area contributed by atoms with Crippen LogP contribution in [0.3, 0.4) is 0 Å². The quantitative estimate of drug-likeness (QED) is 0.765. The third kappa shape index (κ3) is 2.38. The molecule has 0 fully saturated rings. The summed E-state index contributed by atoms with van der Waals surface area (Å²) in [5.74, 6) is 0.402. The first-order valence-corrected chi connectivity index (χ1v) is 6.01. The molecule has 0 spiro atoms. The molecule has 2 aromatic rings. The van der Waals surface area contributed by atoms with E-state index in [2.05, 4.69) is 4.40 Å². The lowest BCUT2D eigenvalue weighted by Gasteiger charge is -1.96. The highest BCUT2D eigenvalue weighted by atomic mass is 32.2. The predicted molar refractivity (Wildman–Crippen MR) is 59.9 cm³/mol. The van der Waals surface area contributed by atoms with Crippen molar-refractivity contribution < 1.29 is 12.8 Å². The molecule has 0 atom stereocenters. The summed E-state index contributed by atoms with van der Waals surface area (Å²) >= 11 is 0. The first-order valence-electron chi connectivity index (χ1n) is 4.57. The Morgan fingerprint density at radius 3 is 2.44 bits per heavy atom. The summed E-state index contributed by atoms with van der Waals surface area (Å²) in [7, 11) is -3.63. The lowest BCUT2D eigenvalue weighted by molar-refractivity contribution is 0.560. The number of hydrogen-bond donors (Lipinski definition) is 0. The van der Waals surface area contributed by atoms with E-state index in [0.29, 0.717) is 5.76 Å². The zero-order valence-electron chi connectivity index (χ0n) is 8.28. The summed E-state index contributed by atoms with van der Waals surface area (Å²) in [6, 6.07) is 11.3. The van der Waals surface area contributed by atoms with E-state index in [1.165, 1.54) is 24.6 Å². The average molecular weight is 235 g/mol. The van der Waals surface area contributed by atoms with Gasteiger partial charge >= 0.3 is 0 Å². The number of hydrogen-bond acceptors (Lipinski definition) is 3. The molecule has 1 heterocycles. The van der Waals surface area contributed by atoms with Gasteiger partial charge in [0.1, 0.15) is 5.76 Å². The van der Waals surface area contributed by atoms with Gasteiger partial charge in [0.2, 0.25) is 0 Å². The molecular weight excluding hydrogens is 226 g/mol. The van der Waals surface area contributed by atoms with E-state index in [1.54, 1.807) is 30.3 Å². The summed E-state index contributed by atoms with van der Waals surface area (Å²) in [6.07, 6.45) is 2.64. The molecule has 1 aromatic carbocycles. The van der Waals surface area contributed by atoms with Gasteiger partial charge in [-0.25, -0.2) is 0 Å². The molecule has 16 heavy (non-hydrogen) atoms. The zero-order valence-corrected chi connectivity index (χ0v) is 9.09. The monoisotopic (exact) mass is 235 g/mol. The lowest BCUT2D eigenvalue weighted by atomic mass is 10.4. The van der Waals surface area contributed by atoms with Crippen molar-refractivity contribution in [2.24, 2.45) is 4.40 Å². The first kappa shape index (κ1) is 10.6. The van der Waals surface area contributed by atoms with Crippen LogP contribution < -0.4 is 0 Å². The molecule has 5 heteroatoms. The van der Waals surface area contributed by atoms with E-state index in [9.17, 15) is 8.42 Å². The fraction of sp³-hybridized carbons (Fsp3) is 0. The summed E-state index contributed by atoms with van der Waals surface area (Å²) < 4.78 is 31.8. The maximum absolute atomic E-state index is 11.7. The topological polar surface area (TPSA) is 59.6 Å². The van der Waals surface area contributed by atoms with Crippen LogP contribution in [-0.2, 0) is 10.0 Å². The number of nitrogens with zero attached hydrogens (tertiary/aromatic N) is 1. The van der Waals surface area contributed by atoms with E-state index in [-0.39, 0.29) is 4.90 Å². The van der Waals surface area contributed by atoms with Crippen molar-refractivity contribution in [3.8, 4) is 0 Å². The summed E-state index contributed by atoms with van der Waals surface area (Å²) in [5.41, 5.74) is 0. The second kappa shape index (κ2) is 4.32. The maximum atomic E-state index is 11.7. The molecule has 0 amide bonds. The van der Waals surface area contributed by atoms with Crippen LogP contribution in [-0.4, -0.2) is 14.6 Å². The van der Waals surface area contributed by atoms with Gasteiger partial charge in [-0.1, -0.05) is 18.2 Å². The number of sulfonamides is 1. The van der Waals surface area contributed by atoms with E-state index in [0.717, 1.165) is 0 Å². The van der Waals surface area contributed by atoms with Crippen molar-refractivity contribution in [2.75, 3.05) is 0 Å². The van der Waals surface area contributed by atoms with Crippen LogP contribution in [0.2, 0.25) is 0 Å². The van der Waals surface area contributed by atoms with Crippen molar-refractivity contribution in [2.45, 2.75) is 4.90 Å². The molecule has 2 rings (SSSR count). The maximum Gasteiger partial charge on any atom is 0.282 e. The van der Waals surface area contributed by atoms with E-state index in [1.807, 2.05) is 0 Å². The van der Waals surface area contributed by atoms with Crippen molar-refractivity contribution >= 4 is 16.2 Å². The number of rotatable bonds is 3. The molecule has 0 unspecified atom stereocenters. The molecular formula is C11H9NO3S. The Kier molecular flexibility index (Phi) is 2.87. The normalized spacial score (nSPS) is 12.0. The van der Waals surface area contributed by atoms with Crippen LogP contribution in [0.25, 0.3) is 0 Å². The summed E-state index contributed by atoms with van der Waals surface area (Å²) in [5, 5.41) is 0. The third-order valence-corrected chi connectivity index (χ3v) is 3.15. The second-order valence-corrected chi connectivity index (χ2v) is 4.67. The van der Waals surface area contributed by atoms with Gasteiger partial charge in [0.25, 0.3) is 10.0 Å². The standard InChI is InChI=1S/C11H9NO3S/c13-16(14,11-6-2-1-3-7-11)12-9-10-5-4-8-15-10/h1-9H/b12-9+. The van der Waals surface area contributed by atoms with Crippen molar-refractivity contribution in [3.05, 3.63) is 54.5 Å². The van der Waals surface area contributed by atoms with Gasteiger partial charge in [0.15, 0.2) is 0 Å². The summed E-state index contributed by atoms with van der Waals surface area (Å²) in [6.45, 7) is 0. The smallest absolute Gasteiger partial charge is 0.282 e. The Hall–Kier alpha value is -1.88. The summed E-state index contributed by atoms with van der Waals surface area (Å²) in [4.78, 5) is 0.165. The molecule has 0 saturated carbocycles. The minimum absolute atomic E-state index is 0.165. The Bertz CT molecular complexity index is 571. The fourth-order valence-electron chi connectivity index (χ4n) is 1.14. The largest absolute Gasteiger partial charge is 0.463 e. The van der Waals surface area contributed by atoms with Crippen LogP contribution in [0.15, 0.2) is 62.4 Å². The highest BCUT2D eigenvalue weighted by Gasteiger charge is 2.10. The van der Waals surface area contributed by atoms with Crippen LogP contribution >= 0.6 is 0 Å². The van der Waals surface area contributed by atoms with E-state index in [4.69, 9.17) is 4.42 Å². The van der Waals surface area contributed by atoms with Gasteiger partial charge in [-0.15, -0.1) is 0 Å². The molecule has 0 aliphatic heterocycles. The fourth-order valence-corrected chi connectivity index (χ4v) is 2.00. The van der Waals surface area contributed by atoms with Crippen molar-refractivity contribution in [1.82, 2.24) is 0 Å². The second-order valence-electron chi connectivity index (χ2n) is 3.04. The number of benzene rings is 1. The zero-order chi connectivity index (χ0) is 11.4. The van der Waals surface area contributed by atoms with Gasteiger partial charge in [-0.3, -0.25) is 0 Å². The molecule has 1 aromatic heterocycles. The molecule has 0 saturated heterocycles. The Morgan fingerprint density at radius 1 is 1.06 bits per heavy atom. The van der Waals surface area contributed by atoms with Gasteiger partial charge in [0.05, 0.1) is 17.4 Å². The van der Waals surface area contributed by atoms with Crippen LogP contribution in [0.4, 0.5) is 0 Å². The van der Waals surface area contributed by atoms with E-state index < -0.39 is 10.0 Å². The molecule has 0 bridgehead atoms. The Labute approximate surface area is 93.3 Å². The molecule has 0 radical (unpaired) electrons. The average Bonchev–Trinajstić information content (AvgIpc) is 2.81. The third-order valence-electron chi connectivity index (χ3n) is 1.90. The lowest BCUT2D eigenvalue weighted by Crippen LogP contribution is -1.96. The van der Waals surface area contributed by atoms with Crippen LogP contribution in [0, 0.1) is 0 Å². The van der Waals surface area contributed by atoms with Gasteiger partial charge in [-0.2, -0.15) is 12.8 Å². The number of furan rings is 1. The minimum atomic E-state index is -3.63. The molecule has 0 aliphatic rings. The van der Waals surface area contributed by atoms with Gasteiger partial charge in [-0.05, 0) is 24.3 Å². The molecule has 0 N–H and O–H groups in total. The van der Waals surface area contributed by atoms with E-state index >= 15 is 0 Å². The van der Waals surface area contributed by atoms with Gasteiger partial charge < -0.3 is 4.42 Å². The van der Waals surface area contributed by atoms with Gasteiger partial charge in [0, 0.05) is 0 Å². The highest BCUT2D eigenvalue weighted by molar-refractivity contribution is 7.90. The Balaban J connectivity index is 2.28. The predicted octanol–water partition coefficient (Wildman–Crippen LogP) is 2.09. The first-order chi connectivity index (χ1) is 7.68. The molecule has 4 nitrogen and oxygen atoms in total. The SMILES string of the molecule is O=S(=O)(/N=C/c1ccco1)c1ccccc1. The van der Waals surface area contributed by atoms with Crippen molar-refractivity contribution in [3.63, 3.8) is 0 Å². The highest BCUT2D eigenvalue weighted by Crippen LogP contribution is 2.11. The van der Waals surface area contributed by atoms with Crippen LogP contribution in [0.5, 0.6) is 0 Å². The Morgan fingerprint density at radius 2 is 1.81 bits per heavy atom. The molecule has 0 aliphatic carbocycles. The molecule has 82 valence electrons. The van der Waals surface area contributed by atoms with Crippen molar-refractivity contribution in [1.29, 1.82) is 0 Å².